The van der Waals surface area contributed by atoms with Gasteiger partial charge >= 0.3 is 19.1 Å². The molecule has 1 aliphatic rings. The molecule has 1 fully saturated rings. The van der Waals surface area contributed by atoms with E-state index in [1.54, 1.807) is 0 Å². The van der Waals surface area contributed by atoms with Crippen molar-refractivity contribution in [1.82, 2.24) is 0 Å². The van der Waals surface area contributed by atoms with Crippen molar-refractivity contribution < 1.29 is 37.2 Å². The summed E-state index contributed by atoms with van der Waals surface area (Å²) in [4.78, 5) is 22.2. The zero-order chi connectivity index (χ0) is 24.3. The summed E-state index contributed by atoms with van der Waals surface area (Å²) in [7, 11) is 1.72. The molecule has 0 bridgehead atoms. The Kier molecular flexibility index (Phi) is 8.19. The molecule has 0 N–H and O–H groups in total. The molecule has 1 aliphatic heterocycles. The lowest BCUT2D eigenvalue weighted by molar-refractivity contribution is 0.00578. The molecular formula is C22H24BBrF2O6. The van der Waals surface area contributed by atoms with E-state index in [1.165, 1.54) is 38.5 Å². The number of hydrogen-bond donors (Lipinski definition) is 0. The number of carbonyl (C=O) groups is 2. The maximum atomic E-state index is 14.1. The predicted octanol–water partition coefficient (Wildman–Crippen LogP) is 4.29. The van der Waals surface area contributed by atoms with Gasteiger partial charge in [-0.25, -0.2) is 18.4 Å². The molecular weight excluding hydrogens is 489 g/mol. The second-order valence-corrected chi connectivity index (χ2v) is 8.79. The normalized spacial score (nSPS) is 16.1. The molecule has 1 heterocycles. The number of hydrogen-bond acceptors (Lipinski definition) is 6. The summed E-state index contributed by atoms with van der Waals surface area (Å²) in [5, 5.41) is 0. The predicted molar refractivity (Wildman–Crippen MR) is 119 cm³/mol. The van der Waals surface area contributed by atoms with E-state index in [2.05, 4.69) is 25.4 Å². The summed E-state index contributed by atoms with van der Waals surface area (Å²) < 4.78 is 47.8. The summed E-state index contributed by atoms with van der Waals surface area (Å²) in [5.41, 5.74) is -0.434. The number of carbonyl (C=O) groups excluding carboxylic acids is 2. The topological polar surface area (TPSA) is 71.1 Å². The Labute approximate surface area is 194 Å². The number of benzene rings is 2. The van der Waals surface area contributed by atoms with Crippen molar-refractivity contribution in [3.05, 3.63) is 63.6 Å². The van der Waals surface area contributed by atoms with Gasteiger partial charge in [-0.2, -0.15) is 0 Å². The largest absolute Gasteiger partial charge is 0.497 e. The Bertz CT molecular complexity index is 996. The fraction of sp³-hybridized carbons (Fsp3) is 0.364. The van der Waals surface area contributed by atoms with Crippen molar-refractivity contribution in [3.63, 3.8) is 0 Å². The zero-order valence-corrected chi connectivity index (χ0v) is 20.2. The first-order valence-corrected chi connectivity index (χ1v) is 10.4. The smallest absolute Gasteiger partial charge is 0.465 e. The van der Waals surface area contributed by atoms with Crippen LogP contribution in [-0.2, 0) is 18.8 Å². The first-order chi connectivity index (χ1) is 14.8. The molecule has 0 spiro atoms. The summed E-state index contributed by atoms with van der Waals surface area (Å²) >= 11 is 2.97. The van der Waals surface area contributed by atoms with Crippen LogP contribution in [0.1, 0.15) is 48.4 Å². The molecule has 2 aromatic rings. The van der Waals surface area contributed by atoms with Gasteiger partial charge in [0, 0.05) is 5.46 Å². The standard InChI is InChI=1S/C14H18BFO4.C8H6BrFO2/c1-13(2)14(3,4)20-15(19-13)10-7-6-9(8-11(10)16)12(17)18-5;1-12-8(11)5-2-3-6(9)7(10)4-5/h6-8H,1-5H3;2-4H,1H3. The minimum Gasteiger partial charge on any atom is -0.465 e. The summed E-state index contributed by atoms with van der Waals surface area (Å²) in [6.45, 7) is 7.59. The minimum atomic E-state index is -0.785. The van der Waals surface area contributed by atoms with Crippen LogP contribution >= 0.6 is 15.9 Å². The van der Waals surface area contributed by atoms with E-state index in [-0.39, 0.29) is 16.6 Å². The van der Waals surface area contributed by atoms with Crippen molar-refractivity contribution >= 4 is 40.4 Å². The third-order valence-corrected chi connectivity index (χ3v) is 5.91. The van der Waals surface area contributed by atoms with Gasteiger partial charge in [-0.3, -0.25) is 0 Å². The second kappa shape index (κ2) is 10.1. The number of methoxy groups -OCH3 is 2. The highest BCUT2D eigenvalue weighted by Crippen LogP contribution is 2.36. The van der Waals surface area contributed by atoms with Crippen LogP contribution in [0.5, 0.6) is 0 Å². The van der Waals surface area contributed by atoms with Gasteiger partial charge in [0.2, 0.25) is 0 Å². The fourth-order valence-electron chi connectivity index (χ4n) is 2.67. The lowest BCUT2D eigenvalue weighted by Gasteiger charge is -2.32. The molecule has 3 rings (SSSR count). The van der Waals surface area contributed by atoms with Gasteiger partial charge in [0.1, 0.15) is 11.6 Å². The van der Waals surface area contributed by atoms with Crippen LogP contribution in [0.15, 0.2) is 40.9 Å². The molecule has 0 amide bonds. The van der Waals surface area contributed by atoms with E-state index in [9.17, 15) is 18.4 Å². The van der Waals surface area contributed by atoms with E-state index >= 15 is 0 Å². The van der Waals surface area contributed by atoms with Crippen LogP contribution in [-0.4, -0.2) is 44.5 Å². The first-order valence-electron chi connectivity index (χ1n) is 9.59. The molecule has 0 unspecified atom stereocenters. The lowest BCUT2D eigenvalue weighted by atomic mass is 9.78. The van der Waals surface area contributed by atoms with Gasteiger partial charge < -0.3 is 18.8 Å². The van der Waals surface area contributed by atoms with Crippen molar-refractivity contribution in [2.75, 3.05) is 14.2 Å². The fourth-order valence-corrected chi connectivity index (χ4v) is 2.92. The quantitative estimate of drug-likeness (QED) is 0.451. The molecule has 0 saturated carbocycles. The Morgan fingerprint density at radius 2 is 1.28 bits per heavy atom. The Morgan fingerprint density at radius 1 is 0.844 bits per heavy atom. The number of esters is 2. The number of rotatable bonds is 3. The van der Waals surface area contributed by atoms with E-state index in [4.69, 9.17) is 9.31 Å². The van der Waals surface area contributed by atoms with Gasteiger partial charge in [0.15, 0.2) is 0 Å². The van der Waals surface area contributed by atoms with Crippen molar-refractivity contribution in [3.8, 4) is 0 Å². The highest BCUT2D eigenvalue weighted by molar-refractivity contribution is 9.10. The van der Waals surface area contributed by atoms with Crippen molar-refractivity contribution in [2.45, 2.75) is 38.9 Å². The third kappa shape index (κ3) is 5.73. The number of ether oxygens (including phenoxy) is 2. The zero-order valence-electron chi connectivity index (χ0n) is 18.6. The van der Waals surface area contributed by atoms with Crippen LogP contribution < -0.4 is 5.46 Å². The van der Waals surface area contributed by atoms with Crippen LogP contribution in [0.3, 0.4) is 0 Å². The van der Waals surface area contributed by atoms with Gasteiger partial charge in [-0.1, -0.05) is 6.07 Å². The second-order valence-electron chi connectivity index (χ2n) is 7.94. The van der Waals surface area contributed by atoms with Gasteiger partial charge in [0.05, 0.1) is 41.0 Å². The Balaban J connectivity index is 0.000000258. The van der Waals surface area contributed by atoms with Crippen LogP contribution in [0.4, 0.5) is 8.78 Å². The summed E-state index contributed by atoms with van der Waals surface area (Å²) in [5.74, 6) is -2.14. The molecule has 0 atom stereocenters. The van der Waals surface area contributed by atoms with Gasteiger partial charge in [-0.05, 0) is 74.0 Å². The Hall–Kier alpha value is -2.30. The monoisotopic (exact) mass is 512 g/mol. The highest BCUT2D eigenvalue weighted by Gasteiger charge is 2.52. The first kappa shape index (κ1) is 26.0. The van der Waals surface area contributed by atoms with Gasteiger partial charge in [-0.15, -0.1) is 0 Å². The van der Waals surface area contributed by atoms with Crippen molar-refractivity contribution in [2.24, 2.45) is 0 Å². The number of halogens is 3. The molecule has 0 aliphatic carbocycles. The molecule has 2 aromatic carbocycles. The van der Waals surface area contributed by atoms with E-state index in [0.29, 0.717) is 4.47 Å². The molecule has 0 aromatic heterocycles. The summed E-state index contributed by atoms with van der Waals surface area (Å²) in [6, 6.07) is 8.18. The molecule has 6 nitrogen and oxygen atoms in total. The Morgan fingerprint density at radius 3 is 1.69 bits per heavy atom. The van der Waals surface area contributed by atoms with Crippen LogP contribution in [0.2, 0.25) is 0 Å². The lowest BCUT2D eigenvalue weighted by Crippen LogP contribution is -2.41. The van der Waals surface area contributed by atoms with Gasteiger partial charge in [0.25, 0.3) is 0 Å². The molecule has 172 valence electrons. The van der Waals surface area contributed by atoms with Crippen LogP contribution in [0, 0.1) is 11.6 Å². The van der Waals surface area contributed by atoms with Crippen LogP contribution in [0.25, 0.3) is 0 Å². The van der Waals surface area contributed by atoms with E-state index < -0.39 is 41.9 Å². The molecule has 1 saturated heterocycles. The van der Waals surface area contributed by atoms with E-state index in [1.807, 2.05) is 27.7 Å². The third-order valence-electron chi connectivity index (χ3n) is 5.27. The average Bonchev–Trinajstić information content (AvgIpc) is 2.95. The summed E-state index contributed by atoms with van der Waals surface area (Å²) in [6.07, 6.45) is 0. The molecule has 10 heteroatoms. The maximum absolute atomic E-state index is 14.1. The average molecular weight is 513 g/mol. The molecule has 32 heavy (non-hydrogen) atoms. The maximum Gasteiger partial charge on any atom is 0.497 e. The molecule has 0 radical (unpaired) electrons. The minimum absolute atomic E-state index is 0.158. The highest BCUT2D eigenvalue weighted by atomic mass is 79.9. The van der Waals surface area contributed by atoms with E-state index in [0.717, 1.165) is 12.1 Å². The van der Waals surface area contributed by atoms with Crippen molar-refractivity contribution in [1.29, 1.82) is 0 Å². The SMILES string of the molecule is COC(=O)c1ccc(B2OC(C)(C)C(C)(C)O2)c(F)c1.COC(=O)c1ccc(Br)c(F)c1.